The van der Waals surface area contributed by atoms with Crippen LogP contribution in [0.3, 0.4) is 0 Å². The maximum atomic E-state index is 12.3. The van der Waals surface area contributed by atoms with Crippen LogP contribution in [0, 0.1) is 5.92 Å². The molecule has 30 heavy (non-hydrogen) atoms. The number of rotatable bonds is 11. The van der Waals surface area contributed by atoms with Crippen molar-refractivity contribution in [1.29, 1.82) is 0 Å². The van der Waals surface area contributed by atoms with E-state index in [1.165, 1.54) is 6.42 Å². The summed E-state index contributed by atoms with van der Waals surface area (Å²) >= 11 is 0. The van der Waals surface area contributed by atoms with E-state index in [0.29, 0.717) is 43.4 Å². The largest absolute Gasteiger partial charge is 0.490 e. The van der Waals surface area contributed by atoms with Crippen molar-refractivity contribution in [2.75, 3.05) is 32.8 Å². The molecule has 0 aromatic heterocycles. The highest BCUT2D eigenvalue weighted by Crippen LogP contribution is 2.28. The van der Waals surface area contributed by atoms with Crippen LogP contribution in [-0.2, 0) is 9.59 Å². The van der Waals surface area contributed by atoms with Crippen molar-refractivity contribution in [3.8, 4) is 11.5 Å². The number of carbonyl (C=O) groups is 3. The van der Waals surface area contributed by atoms with Crippen LogP contribution >= 0.6 is 0 Å². The molecule has 1 fully saturated rings. The molecule has 1 aromatic carbocycles. The van der Waals surface area contributed by atoms with E-state index in [1.54, 1.807) is 18.2 Å². The Morgan fingerprint density at radius 2 is 1.57 bits per heavy atom. The summed E-state index contributed by atoms with van der Waals surface area (Å²) in [4.78, 5) is 36.3. The lowest BCUT2D eigenvalue weighted by molar-refractivity contribution is -0.126. The van der Waals surface area contributed by atoms with Crippen molar-refractivity contribution < 1.29 is 23.9 Å². The maximum absolute atomic E-state index is 12.3. The summed E-state index contributed by atoms with van der Waals surface area (Å²) in [6, 6.07) is 4.91. The highest BCUT2D eigenvalue weighted by molar-refractivity contribution is 5.97. The van der Waals surface area contributed by atoms with Gasteiger partial charge in [0.15, 0.2) is 11.5 Å². The number of ether oxygens (including phenoxy) is 2. The monoisotopic (exact) mass is 419 g/mol. The third-order valence-electron chi connectivity index (χ3n) is 4.94. The SMILES string of the molecule is CCOc1ccc(C(=O)NCC(=O)NCCNC(=O)C2CCCCC2)cc1OCC. The molecule has 3 amide bonds. The van der Waals surface area contributed by atoms with Gasteiger partial charge in [-0.1, -0.05) is 19.3 Å². The van der Waals surface area contributed by atoms with Gasteiger partial charge in [0.25, 0.3) is 5.91 Å². The molecule has 1 aliphatic carbocycles. The van der Waals surface area contributed by atoms with Gasteiger partial charge in [-0.3, -0.25) is 14.4 Å². The minimum absolute atomic E-state index is 0.0675. The van der Waals surface area contributed by atoms with Gasteiger partial charge in [0.2, 0.25) is 11.8 Å². The Balaban J connectivity index is 1.70. The Bertz CT molecular complexity index is 717. The summed E-state index contributed by atoms with van der Waals surface area (Å²) in [5, 5.41) is 8.14. The Hall–Kier alpha value is -2.77. The zero-order chi connectivity index (χ0) is 21.8. The number of benzene rings is 1. The van der Waals surface area contributed by atoms with Crippen molar-refractivity contribution in [2.45, 2.75) is 46.0 Å². The molecular weight excluding hydrogens is 386 g/mol. The molecule has 0 atom stereocenters. The van der Waals surface area contributed by atoms with Crippen molar-refractivity contribution >= 4 is 17.7 Å². The lowest BCUT2D eigenvalue weighted by Gasteiger charge is -2.20. The zero-order valence-electron chi connectivity index (χ0n) is 17.9. The fourth-order valence-electron chi connectivity index (χ4n) is 3.41. The van der Waals surface area contributed by atoms with Gasteiger partial charge in [-0.05, 0) is 44.9 Å². The molecule has 1 aromatic rings. The van der Waals surface area contributed by atoms with Gasteiger partial charge in [0.05, 0.1) is 19.8 Å². The molecule has 0 unspecified atom stereocenters. The first-order chi connectivity index (χ1) is 14.5. The Kier molecular flexibility index (Phi) is 9.97. The van der Waals surface area contributed by atoms with Gasteiger partial charge < -0.3 is 25.4 Å². The first kappa shape index (κ1) is 23.5. The van der Waals surface area contributed by atoms with Crippen molar-refractivity contribution in [2.24, 2.45) is 5.92 Å². The molecule has 1 saturated carbocycles. The fourth-order valence-corrected chi connectivity index (χ4v) is 3.41. The van der Waals surface area contributed by atoms with E-state index in [1.807, 2.05) is 13.8 Å². The molecule has 3 N–H and O–H groups in total. The van der Waals surface area contributed by atoms with Crippen LogP contribution in [0.15, 0.2) is 18.2 Å². The van der Waals surface area contributed by atoms with Crippen molar-refractivity contribution in [1.82, 2.24) is 16.0 Å². The van der Waals surface area contributed by atoms with Crippen LogP contribution < -0.4 is 25.4 Å². The minimum Gasteiger partial charge on any atom is -0.490 e. The highest BCUT2D eigenvalue weighted by Gasteiger charge is 2.20. The van der Waals surface area contributed by atoms with Gasteiger partial charge in [0, 0.05) is 24.6 Å². The maximum Gasteiger partial charge on any atom is 0.251 e. The van der Waals surface area contributed by atoms with Crippen molar-refractivity contribution in [3.05, 3.63) is 23.8 Å². The predicted molar refractivity (Wildman–Crippen MR) is 114 cm³/mol. The number of nitrogens with one attached hydrogen (secondary N) is 3. The molecule has 8 nitrogen and oxygen atoms in total. The summed E-state index contributed by atoms with van der Waals surface area (Å²) in [5.74, 6) is 0.544. The van der Waals surface area contributed by atoms with Crippen LogP contribution in [0.5, 0.6) is 11.5 Å². The highest BCUT2D eigenvalue weighted by atomic mass is 16.5. The summed E-state index contributed by atoms with van der Waals surface area (Å²) in [5.41, 5.74) is 0.384. The average molecular weight is 420 g/mol. The second kappa shape index (κ2) is 12.7. The van der Waals surface area contributed by atoms with Crippen LogP contribution in [0.1, 0.15) is 56.3 Å². The van der Waals surface area contributed by atoms with Crippen LogP contribution in [0.2, 0.25) is 0 Å². The van der Waals surface area contributed by atoms with Gasteiger partial charge in [-0.25, -0.2) is 0 Å². The molecule has 0 saturated heterocycles. The summed E-state index contributed by atoms with van der Waals surface area (Å²) < 4.78 is 11.0. The van der Waals surface area contributed by atoms with Gasteiger partial charge >= 0.3 is 0 Å². The zero-order valence-corrected chi connectivity index (χ0v) is 17.9. The quantitative estimate of drug-likeness (QED) is 0.476. The summed E-state index contributed by atoms with van der Waals surface area (Å²) in [7, 11) is 0. The van der Waals surface area contributed by atoms with Gasteiger partial charge in [0.1, 0.15) is 0 Å². The molecule has 1 aliphatic rings. The summed E-state index contributed by atoms with van der Waals surface area (Å²) in [6.45, 7) is 5.22. The molecular formula is C22H33N3O5. The second-order valence-electron chi connectivity index (χ2n) is 7.19. The molecule has 0 bridgehead atoms. The first-order valence-corrected chi connectivity index (χ1v) is 10.8. The van der Waals surface area contributed by atoms with E-state index in [9.17, 15) is 14.4 Å². The second-order valence-corrected chi connectivity index (χ2v) is 7.19. The van der Waals surface area contributed by atoms with E-state index in [0.717, 1.165) is 25.7 Å². The third kappa shape index (κ3) is 7.57. The van der Waals surface area contributed by atoms with Crippen LogP contribution in [-0.4, -0.2) is 50.6 Å². The normalized spacial score (nSPS) is 13.9. The summed E-state index contributed by atoms with van der Waals surface area (Å²) in [6.07, 6.45) is 5.31. The topological polar surface area (TPSA) is 106 Å². The molecule has 2 rings (SSSR count). The minimum atomic E-state index is -0.375. The van der Waals surface area contributed by atoms with E-state index in [4.69, 9.17) is 9.47 Å². The molecule has 8 heteroatoms. The third-order valence-corrected chi connectivity index (χ3v) is 4.94. The lowest BCUT2D eigenvalue weighted by Crippen LogP contribution is -2.41. The average Bonchev–Trinajstić information content (AvgIpc) is 2.77. The molecule has 0 aliphatic heterocycles. The van der Waals surface area contributed by atoms with E-state index < -0.39 is 0 Å². The fraction of sp³-hybridized carbons (Fsp3) is 0.591. The Morgan fingerprint density at radius 3 is 2.27 bits per heavy atom. The van der Waals surface area contributed by atoms with E-state index in [2.05, 4.69) is 16.0 Å². The van der Waals surface area contributed by atoms with Crippen LogP contribution in [0.4, 0.5) is 0 Å². The standard InChI is InChI=1S/C22H33N3O5/c1-3-29-18-11-10-17(14-19(18)30-4-2)22(28)25-15-20(26)23-12-13-24-21(27)16-8-6-5-7-9-16/h10-11,14,16H,3-9,12-13,15H2,1-2H3,(H,23,26)(H,24,27)(H,25,28). The smallest absolute Gasteiger partial charge is 0.251 e. The van der Waals surface area contributed by atoms with Gasteiger partial charge in [-0.2, -0.15) is 0 Å². The van der Waals surface area contributed by atoms with Crippen LogP contribution in [0.25, 0.3) is 0 Å². The lowest BCUT2D eigenvalue weighted by atomic mass is 9.89. The number of hydrogen-bond donors (Lipinski definition) is 3. The number of hydrogen-bond acceptors (Lipinski definition) is 5. The number of amides is 3. The Labute approximate surface area is 178 Å². The predicted octanol–water partition coefficient (Wildman–Crippen LogP) is 2.03. The molecule has 0 radical (unpaired) electrons. The molecule has 0 spiro atoms. The number of carbonyl (C=O) groups excluding carboxylic acids is 3. The van der Waals surface area contributed by atoms with Crippen molar-refractivity contribution in [3.63, 3.8) is 0 Å². The van der Waals surface area contributed by atoms with E-state index in [-0.39, 0.29) is 30.2 Å². The first-order valence-electron chi connectivity index (χ1n) is 10.8. The molecule has 0 heterocycles. The Morgan fingerprint density at radius 1 is 0.900 bits per heavy atom. The van der Waals surface area contributed by atoms with Gasteiger partial charge in [-0.15, -0.1) is 0 Å². The molecule has 166 valence electrons. The van der Waals surface area contributed by atoms with E-state index >= 15 is 0 Å².